The van der Waals surface area contributed by atoms with Crippen LogP contribution in [0.5, 0.6) is 0 Å². The molecule has 0 saturated heterocycles. The van der Waals surface area contributed by atoms with E-state index in [4.69, 9.17) is 23.7 Å². The van der Waals surface area contributed by atoms with Crippen molar-refractivity contribution in [3.63, 3.8) is 0 Å². The zero-order valence-corrected chi connectivity index (χ0v) is 29.7. The zero-order valence-electron chi connectivity index (χ0n) is 28.2. The van der Waals surface area contributed by atoms with Crippen LogP contribution in [0, 0.1) is 0 Å². The molecule has 0 fully saturated rings. The van der Waals surface area contributed by atoms with Crippen LogP contribution < -0.4 is 10.2 Å². The highest BCUT2D eigenvalue weighted by Gasteiger charge is 2.35. The van der Waals surface area contributed by atoms with E-state index >= 15 is 0 Å². The SMILES string of the molecule is CC(=O)OC(C)C(=O)OC(C)C(=O)OC(C)C(=O)OC(C)C(=O)OC(C)C(=O)OC(C)C(=O)N(C1=NCCN1)c1ccc2nccnc2c1Br. The molecule has 50 heavy (non-hydrogen) atoms. The summed E-state index contributed by atoms with van der Waals surface area (Å²) in [5.41, 5.74) is 1.42. The molecule has 18 nitrogen and oxygen atoms in total. The monoisotopic (exact) mass is 765 g/mol. The summed E-state index contributed by atoms with van der Waals surface area (Å²) in [6, 6.07) is 3.30. The number of nitrogens with one attached hydrogen (secondary N) is 1. The van der Waals surface area contributed by atoms with Crippen molar-refractivity contribution in [1.82, 2.24) is 15.3 Å². The zero-order chi connectivity index (χ0) is 37.3. The first-order valence-electron chi connectivity index (χ1n) is 15.2. The summed E-state index contributed by atoms with van der Waals surface area (Å²) >= 11 is 3.49. The second-order valence-corrected chi connectivity index (χ2v) is 11.6. The standard InChI is InChI=1S/C31H36BrN5O13/c1-14(25(39)37(31-35-12-13-36-31)22-9-8-21-24(23(22)32)34-11-10-33-21)46-27(41)16(3)48-29(43)18(5)50-30(44)19(6)49-28(42)17(4)47-26(40)15(2)45-20(7)38/h8-11,14-19H,12-13H2,1-7H3,(H,35,36). The van der Waals surface area contributed by atoms with E-state index in [1.807, 2.05) is 0 Å². The molecule has 19 heteroatoms. The van der Waals surface area contributed by atoms with Crippen molar-refractivity contribution in [2.75, 3.05) is 18.0 Å². The van der Waals surface area contributed by atoms with Gasteiger partial charge in [-0.3, -0.25) is 24.5 Å². The Bertz CT molecular complexity index is 1690. The molecule has 1 aliphatic heterocycles. The third-order valence-corrected chi connectivity index (χ3v) is 7.48. The summed E-state index contributed by atoms with van der Waals surface area (Å²) < 4.78 is 30.3. The van der Waals surface area contributed by atoms with Crippen LogP contribution in [0.3, 0.4) is 0 Å². The van der Waals surface area contributed by atoms with E-state index in [9.17, 15) is 33.6 Å². The van der Waals surface area contributed by atoms with E-state index in [0.717, 1.165) is 20.8 Å². The highest BCUT2D eigenvalue weighted by atomic mass is 79.9. The van der Waals surface area contributed by atoms with Gasteiger partial charge in [0.25, 0.3) is 5.91 Å². The lowest BCUT2D eigenvalue weighted by Crippen LogP contribution is -2.49. The Hall–Kier alpha value is -5.20. The van der Waals surface area contributed by atoms with E-state index in [-0.39, 0.29) is 5.96 Å². The number of ether oxygens (including phenoxy) is 6. The van der Waals surface area contributed by atoms with E-state index in [2.05, 4.69) is 40.9 Å². The Morgan fingerprint density at radius 3 is 1.56 bits per heavy atom. The van der Waals surface area contributed by atoms with Crippen LogP contribution in [-0.2, 0) is 62.0 Å². The number of aliphatic imine (C=N–C) groups is 1. The van der Waals surface area contributed by atoms with Gasteiger partial charge in [0, 0.05) is 25.9 Å². The number of esters is 6. The third-order valence-electron chi connectivity index (χ3n) is 6.70. The van der Waals surface area contributed by atoms with Crippen molar-refractivity contribution in [2.24, 2.45) is 4.99 Å². The predicted molar refractivity (Wildman–Crippen MR) is 174 cm³/mol. The number of guanidine groups is 1. The maximum atomic E-state index is 13.7. The van der Waals surface area contributed by atoms with Crippen molar-refractivity contribution in [3.05, 3.63) is 29.0 Å². The van der Waals surface area contributed by atoms with Gasteiger partial charge in [-0.2, -0.15) is 0 Å². The van der Waals surface area contributed by atoms with Crippen molar-refractivity contribution in [1.29, 1.82) is 0 Å². The van der Waals surface area contributed by atoms with Crippen LogP contribution in [0.1, 0.15) is 48.5 Å². The first-order chi connectivity index (χ1) is 23.5. The molecule has 0 aliphatic carbocycles. The number of nitrogens with zero attached hydrogens (tertiary/aromatic N) is 4. The minimum atomic E-state index is -1.56. The summed E-state index contributed by atoms with van der Waals surface area (Å²) in [5.74, 6) is -6.70. The number of anilines is 1. The molecule has 1 N–H and O–H groups in total. The molecule has 0 spiro atoms. The van der Waals surface area contributed by atoms with Crippen LogP contribution in [-0.4, -0.2) is 107 Å². The largest absolute Gasteiger partial charge is 0.451 e. The Morgan fingerprint density at radius 2 is 1.12 bits per heavy atom. The maximum Gasteiger partial charge on any atom is 0.347 e. The van der Waals surface area contributed by atoms with Crippen molar-refractivity contribution < 1.29 is 62.0 Å². The molecule has 270 valence electrons. The number of fused-ring (bicyclic) bond motifs is 1. The van der Waals surface area contributed by atoms with Crippen LogP contribution in [0.15, 0.2) is 34.0 Å². The number of hydrogen-bond acceptors (Lipinski definition) is 17. The molecule has 1 aromatic heterocycles. The molecule has 3 rings (SSSR count). The van der Waals surface area contributed by atoms with Gasteiger partial charge in [-0.25, -0.2) is 28.9 Å². The first kappa shape index (κ1) is 39.2. The van der Waals surface area contributed by atoms with Gasteiger partial charge in [-0.1, -0.05) is 0 Å². The molecular formula is C31H36BrN5O13. The average Bonchev–Trinajstić information content (AvgIpc) is 3.59. The van der Waals surface area contributed by atoms with Gasteiger partial charge in [0.05, 0.1) is 22.2 Å². The normalized spacial score (nSPS) is 15.8. The number of rotatable bonds is 13. The fourth-order valence-corrected chi connectivity index (χ4v) is 4.72. The van der Waals surface area contributed by atoms with E-state index in [1.54, 1.807) is 12.1 Å². The van der Waals surface area contributed by atoms with E-state index in [1.165, 1.54) is 45.0 Å². The van der Waals surface area contributed by atoms with Crippen LogP contribution in [0.25, 0.3) is 11.0 Å². The van der Waals surface area contributed by atoms with Gasteiger partial charge in [0.2, 0.25) is 5.96 Å². The number of hydrogen-bond donors (Lipinski definition) is 1. The summed E-state index contributed by atoms with van der Waals surface area (Å²) in [7, 11) is 0. The second-order valence-electron chi connectivity index (χ2n) is 10.8. The number of carbonyl (C=O) groups excluding carboxylic acids is 7. The summed E-state index contributed by atoms with van der Waals surface area (Å²) in [5, 5.41) is 3.02. The molecule has 6 atom stereocenters. The lowest BCUT2D eigenvalue weighted by Gasteiger charge is -2.27. The van der Waals surface area contributed by atoms with Crippen LogP contribution >= 0.6 is 15.9 Å². The van der Waals surface area contributed by atoms with E-state index in [0.29, 0.717) is 34.3 Å². The number of halogens is 1. The second kappa shape index (κ2) is 17.5. The molecule has 2 aromatic rings. The Labute approximate surface area is 294 Å². The molecule has 0 bridgehead atoms. The smallest absolute Gasteiger partial charge is 0.347 e. The molecule has 1 aliphatic rings. The minimum absolute atomic E-state index is 0.223. The van der Waals surface area contributed by atoms with Gasteiger partial charge in [-0.15, -0.1) is 0 Å². The predicted octanol–water partition coefficient (Wildman–Crippen LogP) is 1.29. The molecule has 0 saturated carbocycles. The Morgan fingerprint density at radius 1 is 0.680 bits per heavy atom. The quantitative estimate of drug-likeness (QED) is 0.224. The molecule has 1 aromatic carbocycles. The topological polar surface area (TPSA) is 228 Å². The Balaban J connectivity index is 1.55. The average molecular weight is 767 g/mol. The third kappa shape index (κ3) is 10.2. The number of aromatic nitrogens is 2. The summed E-state index contributed by atoms with van der Waals surface area (Å²) in [4.78, 5) is 101. The minimum Gasteiger partial charge on any atom is -0.451 e. The van der Waals surface area contributed by atoms with Crippen molar-refractivity contribution in [2.45, 2.75) is 85.1 Å². The Kier molecular flexibility index (Phi) is 13.7. The van der Waals surface area contributed by atoms with Gasteiger partial charge in [0.1, 0.15) is 5.52 Å². The lowest BCUT2D eigenvalue weighted by molar-refractivity contribution is -0.187. The fraction of sp³-hybridized carbons (Fsp3) is 0.484. The number of amides is 1. The van der Waals surface area contributed by atoms with Gasteiger partial charge >= 0.3 is 35.8 Å². The first-order valence-corrected chi connectivity index (χ1v) is 16.0. The highest BCUT2D eigenvalue weighted by molar-refractivity contribution is 9.10. The van der Waals surface area contributed by atoms with Crippen LogP contribution in [0.4, 0.5) is 5.69 Å². The van der Waals surface area contributed by atoms with Crippen LogP contribution in [0.2, 0.25) is 0 Å². The van der Waals surface area contributed by atoms with Gasteiger partial charge in [0.15, 0.2) is 36.6 Å². The molecule has 1 amide bonds. The molecule has 2 heterocycles. The van der Waals surface area contributed by atoms with Gasteiger partial charge in [-0.05, 0) is 69.6 Å². The fourth-order valence-electron chi connectivity index (χ4n) is 4.11. The molecular weight excluding hydrogens is 730 g/mol. The van der Waals surface area contributed by atoms with Crippen molar-refractivity contribution >= 4 is 80.3 Å². The van der Waals surface area contributed by atoms with E-state index < -0.39 is 78.3 Å². The molecule has 6 unspecified atom stereocenters. The highest BCUT2D eigenvalue weighted by Crippen LogP contribution is 2.33. The molecule has 0 radical (unpaired) electrons. The number of carbonyl (C=O) groups is 7. The van der Waals surface area contributed by atoms with Crippen molar-refractivity contribution in [3.8, 4) is 0 Å². The maximum absolute atomic E-state index is 13.7. The summed E-state index contributed by atoms with van der Waals surface area (Å²) in [6.45, 7) is 9.20. The lowest BCUT2D eigenvalue weighted by atomic mass is 10.2. The summed E-state index contributed by atoms with van der Waals surface area (Å²) in [6.07, 6.45) is -5.75. The number of benzene rings is 1. The van der Waals surface area contributed by atoms with Gasteiger partial charge < -0.3 is 33.7 Å².